The number of aliphatic hydroxyl groups excluding tert-OH is 6. The molecule has 0 bridgehead atoms. The van der Waals surface area contributed by atoms with Gasteiger partial charge in [-0.15, -0.1) is 37.2 Å². The summed E-state index contributed by atoms with van der Waals surface area (Å²) in [7, 11) is 0. The van der Waals surface area contributed by atoms with Gasteiger partial charge in [-0.1, -0.05) is 0 Å². The highest BCUT2D eigenvalue weighted by atomic mass is 35.5. The SMILES string of the molecule is Cl.Cl.Cl.NCC1OC(OC2C(N)CC(N)C(OC3OC(C(=O)O)C(O)C(N)C3O)C2O)C(O)C(O)C1O. The monoisotopic (exact) mass is 606 g/mol. The molecule has 15 N–H and O–H groups in total. The molecule has 19 heteroatoms. The Labute approximate surface area is 230 Å². The van der Waals surface area contributed by atoms with Crippen LogP contribution in [0.2, 0.25) is 0 Å². The number of aliphatic hydroxyl groups is 6. The summed E-state index contributed by atoms with van der Waals surface area (Å²) in [6, 6.07) is -3.25. The number of nitrogens with two attached hydrogens (primary N) is 4. The van der Waals surface area contributed by atoms with Gasteiger partial charge in [0.05, 0.1) is 6.04 Å². The van der Waals surface area contributed by atoms with Crippen LogP contribution in [0.5, 0.6) is 0 Å². The Hall–Kier alpha value is -0.220. The van der Waals surface area contributed by atoms with E-state index >= 15 is 0 Å². The van der Waals surface area contributed by atoms with Crippen molar-refractivity contribution in [1.29, 1.82) is 0 Å². The summed E-state index contributed by atoms with van der Waals surface area (Å²) >= 11 is 0. The second kappa shape index (κ2) is 15.0. The number of hydrogen-bond donors (Lipinski definition) is 11. The number of aliphatic carboxylic acids is 1. The summed E-state index contributed by atoms with van der Waals surface area (Å²) in [5, 5.41) is 70.6. The number of carboxylic acid groups (broad SMARTS) is 1. The van der Waals surface area contributed by atoms with Crippen molar-refractivity contribution in [1.82, 2.24) is 0 Å². The van der Waals surface area contributed by atoms with Crippen molar-refractivity contribution in [3.63, 3.8) is 0 Å². The highest BCUT2D eigenvalue weighted by Gasteiger charge is 2.52. The first-order chi connectivity index (χ1) is 15.9. The predicted octanol–water partition coefficient (Wildman–Crippen LogP) is -5.93. The average Bonchev–Trinajstić information content (AvgIpc) is 2.78. The van der Waals surface area contributed by atoms with E-state index in [4.69, 9.17) is 41.9 Å². The zero-order chi connectivity index (χ0) is 25.5. The van der Waals surface area contributed by atoms with E-state index in [1.165, 1.54) is 0 Å². The van der Waals surface area contributed by atoms with E-state index in [1.54, 1.807) is 0 Å². The van der Waals surface area contributed by atoms with Crippen molar-refractivity contribution in [2.45, 2.75) is 98.2 Å². The molecule has 15 atom stereocenters. The quantitative estimate of drug-likeness (QED) is 0.134. The van der Waals surface area contributed by atoms with Crippen LogP contribution in [-0.4, -0.2) is 140 Å². The zero-order valence-corrected chi connectivity index (χ0v) is 21.7. The van der Waals surface area contributed by atoms with Gasteiger partial charge < -0.3 is 77.6 Å². The Morgan fingerprint density at radius 2 is 1.22 bits per heavy atom. The molecule has 1 aliphatic carbocycles. The van der Waals surface area contributed by atoms with Gasteiger partial charge in [-0.3, -0.25) is 0 Å². The van der Waals surface area contributed by atoms with Crippen LogP contribution >= 0.6 is 37.2 Å². The van der Waals surface area contributed by atoms with Gasteiger partial charge in [0.15, 0.2) is 18.7 Å². The smallest absolute Gasteiger partial charge is 0.335 e. The largest absolute Gasteiger partial charge is 0.479 e. The van der Waals surface area contributed by atoms with Gasteiger partial charge in [0, 0.05) is 18.6 Å². The zero-order valence-electron chi connectivity index (χ0n) is 19.3. The molecule has 3 aliphatic rings. The van der Waals surface area contributed by atoms with Crippen LogP contribution in [0.15, 0.2) is 0 Å². The molecule has 3 fully saturated rings. The van der Waals surface area contributed by atoms with E-state index in [0.717, 1.165) is 0 Å². The molecule has 2 heterocycles. The normalized spacial score (nSPS) is 48.1. The first-order valence-electron chi connectivity index (χ1n) is 10.8. The molecule has 0 radical (unpaired) electrons. The van der Waals surface area contributed by atoms with Crippen molar-refractivity contribution >= 4 is 43.2 Å². The first-order valence-corrected chi connectivity index (χ1v) is 10.8. The van der Waals surface area contributed by atoms with Gasteiger partial charge in [0.2, 0.25) is 0 Å². The summed E-state index contributed by atoms with van der Waals surface area (Å²) in [6.07, 6.45) is -18.4. The number of carboxylic acids is 1. The molecular weight excluding hydrogens is 571 g/mol. The van der Waals surface area contributed by atoms with Crippen molar-refractivity contribution < 1.29 is 59.5 Å². The van der Waals surface area contributed by atoms with E-state index < -0.39 is 97.7 Å². The summed E-state index contributed by atoms with van der Waals surface area (Å²) in [5.74, 6) is -1.54. The predicted molar refractivity (Wildman–Crippen MR) is 130 cm³/mol. The molecule has 15 unspecified atom stereocenters. The fourth-order valence-corrected chi connectivity index (χ4v) is 4.38. The van der Waals surface area contributed by atoms with Crippen LogP contribution in [0.4, 0.5) is 0 Å². The Morgan fingerprint density at radius 3 is 1.68 bits per heavy atom. The minimum Gasteiger partial charge on any atom is -0.479 e. The van der Waals surface area contributed by atoms with Crippen LogP contribution in [0.1, 0.15) is 6.42 Å². The lowest BCUT2D eigenvalue weighted by Gasteiger charge is -2.48. The van der Waals surface area contributed by atoms with Gasteiger partial charge in [-0.2, -0.15) is 0 Å². The van der Waals surface area contributed by atoms with Crippen LogP contribution in [0.3, 0.4) is 0 Å². The molecule has 222 valence electrons. The third kappa shape index (κ3) is 7.50. The van der Waals surface area contributed by atoms with Crippen molar-refractivity contribution in [3.8, 4) is 0 Å². The van der Waals surface area contributed by atoms with Crippen LogP contribution < -0.4 is 22.9 Å². The fourth-order valence-electron chi connectivity index (χ4n) is 4.38. The Balaban J connectivity index is 0.00000432. The number of carbonyl (C=O) groups is 1. The van der Waals surface area contributed by atoms with Gasteiger partial charge in [0.1, 0.15) is 54.9 Å². The maximum atomic E-state index is 11.4. The maximum absolute atomic E-state index is 11.4. The summed E-state index contributed by atoms with van der Waals surface area (Å²) in [5.41, 5.74) is 23.3. The number of hydrogen-bond acceptors (Lipinski definition) is 15. The van der Waals surface area contributed by atoms with Crippen molar-refractivity contribution in [2.24, 2.45) is 22.9 Å². The Kier molecular flexibility index (Phi) is 14.9. The second-order valence-corrected chi connectivity index (χ2v) is 8.83. The van der Waals surface area contributed by atoms with Crippen LogP contribution in [-0.2, 0) is 23.7 Å². The number of ether oxygens (including phenoxy) is 4. The second-order valence-electron chi connectivity index (χ2n) is 8.83. The van der Waals surface area contributed by atoms with Crippen LogP contribution in [0.25, 0.3) is 0 Å². The molecule has 37 heavy (non-hydrogen) atoms. The average molecular weight is 608 g/mol. The van der Waals surface area contributed by atoms with Gasteiger partial charge in [0.25, 0.3) is 0 Å². The molecule has 16 nitrogen and oxygen atoms in total. The van der Waals surface area contributed by atoms with E-state index in [1.807, 2.05) is 0 Å². The third-order valence-electron chi connectivity index (χ3n) is 6.45. The minimum absolute atomic E-state index is 0. The maximum Gasteiger partial charge on any atom is 0.335 e. The molecule has 0 aromatic rings. The summed E-state index contributed by atoms with van der Waals surface area (Å²) < 4.78 is 21.8. The lowest BCUT2D eigenvalue weighted by atomic mass is 9.84. The third-order valence-corrected chi connectivity index (χ3v) is 6.45. The van der Waals surface area contributed by atoms with Crippen molar-refractivity contribution in [2.75, 3.05) is 6.54 Å². The molecule has 2 aliphatic heterocycles. The topological polar surface area (TPSA) is 300 Å². The molecule has 0 aromatic heterocycles. The molecule has 0 amide bonds. The lowest BCUT2D eigenvalue weighted by molar-refractivity contribution is -0.330. The fraction of sp³-hybridized carbons (Fsp3) is 0.944. The van der Waals surface area contributed by atoms with E-state index in [0.29, 0.717) is 0 Å². The summed E-state index contributed by atoms with van der Waals surface area (Å²) in [6.45, 7) is -0.200. The van der Waals surface area contributed by atoms with Crippen molar-refractivity contribution in [3.05, 3.63) is 0 Å². The highest BCUT2D eigenvalue weighted by molar-refractivity contribution is 5.86. The standard InChI is InChI=1S/C18H34N4O12.3ClH/c19-2-5-7(23)10(26)11(27)18(31-5)33-14-4(21)1-3(20)13(12(14)28)32-17-9(25)6(22)8(24)15(34-17)16(29)30;;;/h3-15,17-18,23-28H,1-2,19-22H2,(H,29,30);3*1H. The minimum atomic E-state index is -1.80. The first kappa shape index (κ1) is 36.8. The molecule has 0 aromatic carbocycles. The van der Waals surface area contributed by atoms with Crippen LogP contribution in [0, 0.1) is 0 Å². The lowest BCUT2D eigenvalue weighted by Crippen LogP contribution is -2.68. The molecule has 3 rings (SSSR count). The van der Waals surface area contributed by atoms with E-state index in [-0.39, 0.29) is 50.2 Å². The van der Waals surface area contributed by atoms with Gasteiger partial charge in [-0.25, -0.2) is 4.79 Å². The Bertz CT molecular complexity index is 721. The molecule has 0 spiro atoms. The Morgan fingerprint density at radius 1 is 0.730 bits per heavy atom. The number of rotatable bonds is 6. The van der Waals surface area contributed by atoms with E-state index in [2.05, 4.69) is 0 Å². The molecular formula is C18H37Cl3N4O12. The molecule has 1 saturated carbocycles. The van der Waals surface area contributed by atoms with Gasteiger partial charge in [-0.05, 0) is 6.42 Å². The summed E-state index contributed by atoms with van der Waals surface area (Å²) in [4.78, 5) is 11.4. The van der Waals surface area contributed by atoms with Gasteiger partial charge >= 0.3 is 5.97 Å². The number of halogens is 3. The molecule has 2 saturated heterocycles. The van der Waals surface area contributed by atoms with E-state index in [9.17, 15) is 40.5 Å². The highest BCUT2D eigenvalue weighted by Crippen LogP contribution is 2.31.